The van der Waals surface area contributed by atoms with Crippen LogP contribution in [0.3, 0.4) is 0 Å². The fourth-order valence-electron chi connectivity index (χ4n) is 2.02. The lowest BCUT2D eigenvalue weighted by Gasteiger charge is -2.20. The third kappa shape index (κ3) is 4.68. The van der Waals surface area contributed by atoms with Gasteiger partial charge in [-0.15, -0.1) is 11.3 Å². The molecule has 1 atom stereocenters. The summed E-state index contributed by atoms with van der Waals surface area (Å²) >= 11 is 1.28. The lowest BCUT2D eigenvalue weighted by Crippen LogP contribution is -2.26. The molecule has 8 heteroatoms. The Morgan fingerprint density at radius 3 is 2.32 bits per heavy atom. The van der Waals surface area contributed by atoms with Gasteiger partial charge in [-0.25, -0.2) is 9.55 Å². The number of thiazole rings is 1. The van der Waals surface area contributed by atoms with Crippen LogP contribution in [0.15, 0.2) is 66.0 Å². The second-order valence-corrected chi connectivity index (χ2v) is 7.76. The Balaban J connectivity index is 1.85. The minimum absolute atomic E-state index is 0.375. The lowest BCUT2D eigenvalue weighted by molar-refractivity contribution is 0.0978. The Bertz CT molecular complexity index is 900. The molecule has 2 aromatic carbocycles. The Hall–Kier alpha value is -2.63. The standard InChI is InChI=1S/C17H16N3O3PS/c1-13-12-25-17(18-13)20-24(22,23-15-10-6-3-7-11-15)19-16(21)14-8-4-2-5-9-14/h2-12H,1H3,(H2,18,19,20,21,22). The molecule has 0 fully saturated rings. The molecule has 0 aliphatic heterocycles. The number of hydrogen-bond donors (Lipinski definition) is 2. The first-order chi connectivity index (χ1) is 12.0. The summed E-state index contributed by atoms with van der Waals surface area (Å²) in [6, 6.07) is 17.2. The minimum Gasteiger partial charge on any atom is -0.414 e. The molecule has 0 saturated carbocycles. The number of aromatic nitrogens is 1. The predicted molar refractivity (Wildman–Crippen MR) is 99.1 cm³/mol. The zero-order valence-electron chi connectivity index (χ0n) is 13.4. The van der Waals surface area contributed by atoms with E-state index in [9.17, 15) is 9.36 Å². The topological polar surface area (TPSA) is 80.3 Å². The molecule has 1 amide bonds. The molecule has 25 heavy (non-hydrogen) atoms. The molecule has 3 rings (SSSR count). The number of para-hydroxylation sites is 1. The van der Waals surface area contributed by atoms with E-state index in [-0.39, 0.29) is 0 Å². The largest absolute Gasteiger partial charge is 0.448 e. The van der Waals surface area contributed by atoms with Crippen molar-refractivity contribution in [3.8, 4) is 5.75 Å². The SMILES string of the molecule is Cc1csc(NP(=O)(NC(=O)c2ccccc2)Oc2ccccc2)n1. The van der Waals surface area contributed by atoms with Crippen molar-refractivity contribution in [2.24, 2.45) is 0 Å². The molecule has 0 aliphatic carbocycles. The number of anilines is 1. The van der Waals surface area contributed by atoms with Crippen molar-refractivity contribution in [1.82, 2.24) is 10.1 Å². The first-order valence-corrected chi connectivity index (χ1v) is 9.97. The predicted octanol–water partition coefficient (Wildman–Crippen LogP) is 4.48. The molecular formula is C17H16N3O3PS. The molecule has 2 N–H and O–H groups in total. The number of nitrogens with zero attached hydrogens (tertiary/aromatic N) is 1. The van der Waals surface area contributed by atoms with Gasteiger partial charge >= 0.3 is 7.67 Å². The summed E-state index contributed by atoms with van der Waals surface area (Å²) in [4.78, 5) is 16.6. The minimum atomic E-state index is -3.77. The van der Waals surface area contributed by atoms with Crippen LogP contribution in [0, 0.1) is 6.92 Å². The maximum atomic E-state index is 13.2. The summed E-state index contributed by atoms with van der Waals surface area (Å²) in [5.41, 5.74) is 1.17. The zero-order chi connectivity index (χ0) is 17.7. The van der Waals surface area contributed by atoms with Gasteiger partial charge in [-0.3, -0.25) is 15.0 Å². The normalized spacial score (nSPS) is 12.8. The van der Waals surface area contributed by atoms with Gasteiger partial charge in [-0.1, -0.05) is 36.4 Å². The van der Waals surface area contributed by atoms with E-state index < -0.39 is 13.6 Å². The molecule has 0 aliphatic rings. The van der Waals surface area contributed by atoms with Crippen LogP contribution in [0.25, 0.3) is 0 Å². The summed E-state index contributed by atoms with van der Waals surface area (Å²) in [6.45, 7) is 1.83. The maximum Gasteiger partial charge on any atom is 0.448 e. The van der Waals surface area contributed by atoms with E-state index in [1.807, 2.05) is 18.4 Å². The van der Waals surface area contributed by atoms with E-state index in [0.29, 0.717) is 16.4 Å². The Labute approximate surface area is 149 Å². The Kier molecular flexibility index (Phi) is 5.16. The maximum absolute atomic E-state index is 13.2. The second kappa shape index (κ2) is 7.51. The van der Waals surface area contributed by atoms with Crippen LogP contribution in [-0.4, -0.2) is 10.9 Å². The van der Waals surface area contributed by atoms with Gasteiger partial charge in [0.15, 0.2) is 5.13 Å². The Morgan fingerprint density at radius 1 is 1.08 bits per heavy atom. The van der Waals surface area contributed by atoms with Crippen molar-refractivity contribution in [1.29, 1.82) is 0 Å². The van der Waals surface area contributed by atoms with Gasteiger partial charge in [0.2, 0.25) is 0 Å². The number of carbonyl (C=O) groups is 1. The fourth-order valence-corrected chi connectivity index (χ4v) is 4.39. The molecule has 6 nitrogen and oxygen atoms in total. The highest BCUT2D eigenvalue weighted by Crippen LogP contribution is 2.44. The van der Waals surface area contributed by atoms with E-state index in [1.54, 1.807) is 54.6 Å². The van der Waals surface area contributed by atoms with Crippen LogP contribution in [-0.2, 0) is 4.57 Å². The number of amides is 1. The van der Waals surface area contributed by atoms with Gasteiger partial charge in [0.25, 0.3) is 5.91 Å². The monoisotopic (exact) mass is 373 g/mol. The van der Waals surface area contributed by atoms with Crippen molar-refractivity contribution in [2.75, 3.05) is 5.09 Å². The molecule has 0 radical (unpaired) electrons. The van der Waals surface area contributed by atoms with Gasteiger partial charge in [0.05, 0.1) is 5.69 Å². The fraction of sp³-hybridized carbons (Fsp3) is 0.0588. The van der Waals surface area contributed by atoms with Crippen molar-refractivity contribution >= 4 is 30.0 Å². The molecular weight excluding hydrogens is 357 g/mol. The van der Waals surface area contributed by atoms with Crippen molar-refractivity contribution < 1.29 is 13.9 Å². The molecule has 128 valence electrons. The second-order valence-electron chi connectivity index (χ2n) is 5.17. The summed E-state index contributed by atoms with van der Waals surface area (Å²) in [6.07, 6.45) is 0. The van der Waals surface area contributed by atoms with E-state index in [4.69, 9.17) is 4.52 Å². The zero-order valence-corrected chi connectivity index (χ0v) is 15.1. The Morgan fingerprint density at radius 2 is 1.72 bits per heavy atom. The summed E-state index contributed by atoms with van der Waals surface area (Å²) in [7, 11) is -3.77. The summed E-state index contributed by atoms with van der Waals surface area (Å²) in [5, 5.41) is 7.42. The van der Waals surface area contributed by atoms with Crippen molar-refractivity contribution in [2.45, 2.75) is 6.92 Å². The van der Waals surface area contributed by atoms with Gasteiger partial charge in [-0.2, -0.15) is 0 Å². The third-order valence-electron chi connectivity index (χ3n) is 3.12. The highest BCUT2D eigenvalue weighted by Gasteiger charge is 2.29. The van der Waals surface area contributed by atoms with Crippen LogP contribution in [0.4, 0.5) is 5.13 Å². The summed E-state index contributed by atoms with van der Waals surface area (Å²) < 4.78 is 18.8. The lowest BCUT2D eigenvalue weighted by atomic mass is 10.2. The van der Waals surface area contributed by atoms with E-state index in [2.05, 4.69) is 15.2 Å². The molecule has 0 saturated heterocycles. The number of rotatable bonds is 6. The first kappa shape index (κ1) is 17.2. The van der Waals surface area contributed by atoms with Crippen LogP contribution < -0.4 is 14.7 Å². The number of benzene rings is 2. The van der Waals surface area contributed by atoms with Gasteiger partial charge in [0.1, 0.15) is 5.75 Å². The van der Waals surface area contributed by atoms with Crippen LogP contribution in [0.1, 0.15) is 16.1 Å². The number of aryl methyl sites for hydroxylation is 1. The summed E-state index contributed by atoms with van der Waals surface area (Å²) in [5.74, 6) is -0.124. The van der Waals surface area contributed by atoms with Crippen molar-refractivity contribution in [3.05, 3.63) is 77.3 Å². The molecule has 1 aromatic heterocycles. The number of nitrogens with one attached hydrogen (secondary N) is 2. The highest BCUT2D eigenvalue weighted by molar-refractivity contribution is 7.60. The van der Waals surface area contributed by atoms with Gasteiger partial charge in [-0.05, 0) is 31.2 Å². The van der Waals surface area contributed by atoms with Gasteiger partial charge in [0, 0.05) is 10.9 Å². The molecule has 1 unspecified atom stereocenters. The number of carbonyl (C=O) groups excluding carboxylic acids is 1. The average Bonchev–Trinajstić information content (AvgIpc) is 3.00. The van der Waals surface area contributed by atoms with Crippen LogP contribution in [0.5, 0.6) is 5.75 Å². The van der Waals surface area contributed by atoms with E-state index in [0.717, 1.165) is 5.69 Å². The smallest absolute Gasteiger partial charge is 0.414 e. The van der Waals surface area contributed by atoms with Gasteiger partial charge < -0.3 is 4.52 Å². The average molecular weight is 373 g/mol. The molecule has 0 bridgehead atoms. The molecule has 1 heterocycles. The van der Waals surface area contributed by atoms with Crippen molar-refractivity contribution in [3.63, 3.8) is 0 Å². The molecule has 0 spiro atoms. The number of hydrogen-bond acceptors (Lipinski definition) is 5. The quantitative estimate of drug-likeness (QED) is 0.623. The van der Waals surface area contributed by atoms with E-state index >= 15 is 0 Å². The van der Waals surface area contributed by atoms with E-state index in [1.165, 1.54) is 11.3 Å². The first-order valence-electron chi connectivity index (χ1n) is 7.47. The molecule has 3 aromatic rings. The third-order valence-corrected chi connectivity index (χ3v) is 5.62. The van der Waals surface area contributed by atoms with Crippen LogP contribution >= 0.6 is 19.0 Å². The highest BCUT2D eigenvalue weighted by atomic mass is 32.1. The van der Waals surface area contributed by atoms with Crippen LogP contribution in [0.2, 0.25) is 0 Å².